The van der Waals surface area contributed by atoms with Gasteiger partial charge in [0.1, 0.15) is 5.75 Å². The van der Waals surface area contributed by atoms with Gasteiger partial charge in [-0.05, 0) is 29.8 Å². The van der Waals surface area contributed by atoms with Crippen LogP contribution in [-0.4, -0.2) is 77.8 Å². The van der Waals surface area contributed by atoms with Crippen molar-refractivity contribution in [2.24, 2.45) is 0 Å². The van der Waals surface area contributed by atoms with Crippen LogP contribution in [0.1, 0.15) is 5.56 Å². The molecule has 0 bridgehead atoms. The van der Waals surface area contributed by atoms with Gasteiger partial charge in [0.05, 0.1) is 28.7 Å². The molecule has 2 N–H and O–H groups in total. The van der Waals surface area contributed by atoms with Crippen molar-refractivity contribution in [3.05, 3.63) is 58.1 Å². The van der Waals surface area contributed by atoms with E-state index in [1.807, 2.05) is 30.3 Å². The van der Waals surface area contributed by atoms with Crippen molar-refractivity contribution in [1.82, 2.24) is 9.80 Å². The third-order valence-corrected chi connectivity index (χ3v) is 7.26. The molecule has 10 heteroatoms. The molecule has 0 aliphatic carbocycles. The van der Waals surface area contributed by atoms with Gasteiger partial charge >= 0.3 is 0 Å². The van der Waals surface area contributed by atoms with Gasteiger partial charge in [0.25, 0.3) is 5.91 Å². The Balaban J connectivity index is 1.64. The Morgan fingerprint density at radius 3 is 2.39 bits per heavy atom. The number of ether oxygens (including phenoxy) is 1. The first-order valence-corrected chi connectivity index (χ1v) is 11.8. The molecule has 0 radical (unpaired) electrons. The standard InChI is InChI=1S/C23H24Cl2N2O5S/c1-32-17-4-2-3-5-18(17)33-19-8-6-15(21(24)22(19)25)7-9-20(30)26-10-12-27(13-11-26)23(31)16(29)14-28/h2-9,16,28-29H,10-14H2,1H3/b9-7+. The Kier molecular flexibility index (Phi) is 9.05. The molecule has 2 amide bonds. The van der Waals surface area contributed by atoms with Gasteiger partial charge < -0.3 is 24.7 Å². The van der Waals surface area contributed by atoms with Crippen molar-refractivity contribution >= 4 is 52.9 Å². The second-order valence-corrected chi connectivity index (χ2v) is 9.06. The number of aliphatic hydroxyl groups is 2. The van der Waals surface area contributed by atoms with Crippen LogP contribution in [0.25, 0.3) is 6.08 Å². The van der Waals surface area contributed by atoms with E-state index in [9.17, 15) is 14.7 Å². The van der Waals surface area contributed by atoms with Crippen LogP contribution < -0.4 is 4.74 Å². The van der Waals surface area contributed by atoms with Crippen LogP contribution in [0.15, 0.2) is 52.3 Å². The predicted molar refractivity (Wildman–Crippen MR) is 129 cm³/mol. The fourth-order valence-corrected chi connectivity index (χ4v) is 4.81. The SMILES string of the molecule is COc1ccccc1Sc1ccc(/C=C/C(=O)N2CCN(C(=O)C(O)CO)CC2)c(Cl)c1Cl. The summed E-state index contributed by atoms with van der Waals surface area (Å²) in [5.41, 5.74) is 0.610. The van der Waals surface area contributed by atoms with Gasteiger partial charge in [-0.3, -0.25) is 9.59 Å². The average Bonchev–Trinajstić information content (AvgIpc) is 2.85. The zero-order valence-electron chi connectivity index (χ0n) is 17.9. The molecule has 0 aromatic heterocycles. The minimum Gasteiger partial charge on any atom is -0.496 e. The number of amides is 2. The largest absolute Gasteiger partial charge is 0.496 e. The van der Waals surface area contributed by atoms with E-state index in [0.717, 1.165) is 15.5 Å². The van der Waals surface area contributed by atoms with E-state index in [2.05, 4.69) is 0 Å². The topological polar surface area (TPSA) is 90.3 Å². The number of aliphatic hydroxyl groups excluding tert-OH is 2. The van der Waals surface area contributed by atoms with Gasteiger partial charge in [-0.25, -0.2) is 0 Å². The smallest absolute Gasteiger partial charge is 0.253 e. The molecule has 1 aliphatic heterocycles. The van der Waals surface area contributed by atoms with Gasteiger partial charge in [0, 0.05) is 37.2 Å². The molecular weight excluding hydrogens is 487 g/mol. The molecule has 0 saturated carbocycles. The Morgan fingerprint density at radius 1 is 1.06 bits per heavy atom. The monoisotopic (exact) mass is 510 g/mol. The molecular formula is C23H24Cl2N2O5S. The first-order chi connectivity index (χ1) is 15.8. The second-order valence-electron chi connectivity index (χ2n) is 7.22. The summed E-state index contributed by atoms with van der Waals surface area (Å²) in [4.78, 5) is 29.2. The molecule has 3 rings (SSSR count). The van der Waals surface area contributed by atoms with Crippen LogP contribution in [-0.2, 0) is 9.59 Å². The van der Waals surface area contributed by atoms with Crippen LogP contribution in [0.5, 0.6) is 5.75 Å². The summed E-state index contributed by atoms with van der Waals surface area (Å²) >= 11 is 14.4. The molecule has 33 heavy (non-hydrogen) atoms. The molecule has 1 atom stereocenters. The van der Waals surface area contributed by atoms with E-state index < -0.39 is 18.6 Å². The van der Waals surface area contributed by atoms with E-state index in [0.29, 0.717) is 28.7 Å². The van der Waals surface area contributed by atoms with Gasteiger partial charge in [-0.2, -0.15) is 0 Å². The summed E-state index contributed by atoms with van der Waals surface area (Å²) in [6.07, 6.45) is 1.61. The highest BCUT2D eigenvalue weighted by atomic mass is 35.5. The molecule has 2 aromatic carbocycles. The number of carbonyl (C=O) groups excluding carboxylic acids is 2. The molecule has 0 spiro atoms. The van der Waals surface area contributed by atoms with Gasteiger partial charge in [-0.15, -0.1) is 0 Å². The quantitative estimate of drug-likeness (QED) is 0.556. The zero-order chi connectivity index (χ0) is 24.0. The maximum Gasteiger partial charge on any atom is 0.253 e. The van der Waals surface area contributed by atoms with Crippen LogP contribution in [0, 0.1) is 0 Å². The van der Waals surface area contributed by atoms with E-state index in [1.54, 1.807) is 24.2 Å². The summed E-state index contributed by atoms with van der Waals surface area (Å²) in [7, 11) is 1.61. The number of nitrogens with zero attached hydrogens (tertiary/aromatic N) is 2. The number of halogens is 2. The number of piperazine rings is 1. The van der Waals surface area contributed by atoms with Crippen molar-refractivity contribution in [1.29, 1.82) is 0 Å². The second kappa shape index (κ2) is 11.8. The lowest BCUT2D eigenvalue weighted by molar-refractivity contribution is -0.145. The maximum absolute atomic E-state index is 12.6. The van der Waals surface area contributed by atoms with Crippen LogP contribution >= 0.6 is 35.0 Å². The summed E-state index contributed by atoms with van der Waals surface area (Å²) in [6.45, 7) is 0.611. The molecule has 7 nitrogen and oxygen atoms in total. The van der Waals surface area contributed by atoms with E-state index in [-0.39, 0.29) is 19.0 Å². The third kappa shape index (κ3) is 6.22. The number of rotatable bonds is 7. The number of hydrogen-bond acceptors (Lipinski definition) is 6. The highest BCUT2D eigenvalue weighted by Gasteiger charge is 2.26. The van der Waals surface area contributed by atoms with Crippen LogP contribution in [0.2, 0.25) is 10.0 Å². The number of hydrogen-bond donors (Lipinski definition) is 2. The van der Waals surface area contributed by atoms with E-state index >= 15 is 0 Å². The zero-order valence-corrected chi connectivity index (χ0v) is 20.2. The van der Waals surface area contributed by atoms with Crippen molar-refractivity contribution < 1.29 is 24.5 Å². The van der Waals surface area contributed by atoms with Crippen molar-refractivity contribution in [3.8, 4) is 5.75 Å². The molecule has 1 saturated heterocycles. The first-order valence-electron chi connectivity index (χ1n) is 10.2. The molecule has 2 aromatic rings. The molecule has 1 heterocycles. The lowest BCUT2D eigenvalue weighted by Crippen LogP contribution is -2.53. The summed E-state index contributed by atoms with van der Waals surface area (Å²) in [6, 6.07) is 11.2. The van der Waals surface area contributed by atoms with Crippen molar-refractivity contribution in [3.63, 3.8) is 0 Å². The average molecular weight is 511 g/mol. The fraction of sp³-hybridized carbons (Fsp3) is 0.304. The minimum atomic E-state index is -1.43. The van der Waals surface area contributed by atoms with Gasteiger partial charge in [0.2, 0.25) is 5.91 Å². The van der Waals surface area contributed by atoms with E-state index in [4.69, 9.17) is 33.0 Å². The lowest BCUT2D eigenvalue weighted by Gasteiger charge is -2.35. The number of para-hydroxylation sites is 1. The Hall–Kier alpha value is -2.23. The Labute approximate surface area is 206 Å². The third-order valence-electron chi connectivity index (χ3n) is 5.13. The first kappa shape index (κ1) is 25.4. The Bertz CT molecular complexity index is 1040. The van der Waals surface area contributed by atoms with E-state index in [1.165, 1.54) is 22.7 Å². The summed E-state index contributed by atoms with van der Waals surface area (Å²) in [5.74, 6) is -0.0194. The maximum atomic E-state index is 12.6. The van der Waals surface area contributed by atoms with Crippen LogP contribution in [0.3, 0.4) is 0 Å². The number of carbonyl (C=O) groups is 2. The number of methoxy groups -OCH3 is 1. The predicted octanol–water partition coefficient (Wildman–Crippen LogP) is 3.19. The summed E-state index contributed by atoms with van der Waals surface area (Å²) < 4.78 is 5.38. The van der Waals surface area contributed by atoms with Gasteiger partial charge in [0.15, 0.2) is 6.10 Å². The number of benzene rings is 2. The fourth-order valence-electron chi connectivity index (χ4n) is 3.28. The normalized spacial score (nSPS) is 15.1. The van der Waals surface area contributed by atoms with Crippen molar-refractivity contribution in [2.45, 2.75) is 15.9 Å². The summed E-state index contributed by atoms with van der Waals surface area (Å²) in [5, 5.41) is 19.1. The molecule has 1 unspecified atom stereocenters. The molecule has 1 aliphatic rings. The lowest BCUT2D eigenvalue weighted by atomic mass is 10.2. The Morgan fingerprint density at radius 2 is 1.73 bits per heavy atom. The van der Waals surface area contributed by atoms with Crippen LogP contribution in [0.4, 0.5) is 0 Å². The highest BCUT2D eigenvalue weighted by molar-refractivity contribution is 7.99. The van der Waals surface area contributed by atoms with Crippen molar-refractivity contribution in [2.75, 3.05) is 39.9 Å². The van der Waals surface area contributed by atoms with Gasteiger partial charge in [-0.1, -0.05) is 53.2 Å². The molecule has 176 valence electrons. The highest BCUT2D eigenvalue weighted by Crippen LogP contribution is 2.42. The minimum absolute atomic E-state index is 0.218. The molecule has 1 fully saturated rings.